The van der Waals surface area contributed by atoms with Gasteiger partial charge in [-0.2, -0.15) is 4.98 Å². The third-order valence-corrected chi connectivity index (χ3v) is 2.08. The molecule has 0 unspecified atom stereocenters. The van der Waals surface area contributed by atoms with E-state index in [-0.39, 0.29) is 30.7 Å². The maximum atomic E-state index is 10.8. The van der Waals surface area contributed by atoms with Crippen LogP contribution in [0.5, 0.6) is 0 Å². The largest absolute Gasteiger partial charge is 0.394 e. The SMILES string of the molecule is CCNc1ncc([N+](=O)[O-])c(NC(CO)CO)n1. The van der Waals surface area contributed by atoms with Crippen LogP contribution in [0.15, 0.2) is 6.20 Å². The summed E-state index contributed by atoms with van der Waals surface area (Å²) < 4.78 is 0. The number of anilines is 2. The van der Waals surface area contributed by atoms with Crippen LogP contribution in [0.25, 0.3) is 0 Å². The van der Waals surface area contributed by atoms with Gasteiger partial charge in [-0.15, -0.1) is 0 Å². The van der Waals surface area contributed by atoms with Crippen LogP contribution in [0.1, 0.15) is 6.92 Å². The second kappa shape index (κ2) is 6.67. The summed E-state index contributed by atoms with van der Waals surface area (Å²) in [6.45, 7) is 1.67. The summed E-state index contributed by atoms with van der Waals surface area (Å²) in [5.41, 5.74) is -0.316. The number of aromatic nitrogens is 2. The minimum absolute atomic E-state index is 0.0425. The van der Waals surface area contributed by atoms with E-state index in [4.69, 9.17) is 10.2 Å². The summed E-state index contributed by atoms with van der Waals surface area (Å²) in [6.07, 6.45) is 1.07. The quantitative estimate of drug-likeness (QED) is 0.382. The van der Waals surface area contributed by atoms with Gasteiger partial charge in [-0.05, 0) is 6.92 Å². The molecule has 0 aliphatic heterocycles. The van der Waals surface area contributed by atoms with E-state index in [2.05, 4.69) is 20.6 Å². The van der Waals surface area contributed by atoms with E-state index >= 15 is 0 Å². The van der Waals surface area contributed by atoms with Gasteiger partial charge in [0, 0.05) is 6.54 Å². The third-order valence-electron chi connectivity index (χ3n) is 2.08. The Bertz CT molecular complexity index is 410. The number of nitro groups is 1. The smallest absolute Gasteiger partial charge is 0.329 e. The van der Waals surface area contributed by atoms with Crippen molar-refractivity contribution in [3.63, 3.8) is 0 Å². The molecule has 4 N–H and O–H groups in total. The van der Waals surface area contributed by atoms with Crippen molar-refractivity contribution in [2.24, 2.45) is 0 Å². The van der Waals surface area contributed by atoms with Gasteiger partial charge in [-0.3, -0.25) is 10.1 Å². The Morgan fingerprint density at radius 3 is 2.67 bits per heavy atom. The molecule has 9 heteroatoms. The third kappa shape index (κ3) is 3.50. The molecule has 0 spiro atoms. The second-order valence-corrected chi connectivity index (χ2v) is 3.42. The van der Waals surface area contributed by atoms with Crippen molar-refractivity contribution in [2.75, 3.05) is 30.4 Å². The fourth-order valence-corrected chi connectivity index (χ4v) is 1.20. The van der Waals surface area contributed by atoms with E-state index in [9.17, 15) is 10.1 Å². The molecule has 0 fully saturated rings. The van der Waals surface area contributed by atoms with E-state index in [0.717, 1.165) is 6.20 Å². The molecule has 1 heterocycles. The van der Waals surface area contributed by atoms with Crippen LogP contribution >= 0.6 is 0 Å². The highest BCUT2D eigenvalue weighted by atomic mass is 16.6. The molecule has 100 valence electrons. The molecule has 0 aliphatic carbocycles. The van der Waals surface area contributed by atoms with Crippen LogP contribution < -0.4 is 10.6 Å². The van der Waals surface area contributed by atoms with Gasteiger partial charge >= 0.3 is 5.69 Å². The Hall–Kier alpha value is -2.00. The maximum absolute atomic E-state index is 10.8. The van der Waals surface area contributed by atoms with E-state index in [1.807, 2.05) is 6.92 Å². The average Bonchev–Trinajstić information content (AvgIpc) is 2.36. The number of hydrogen-bond acceptors (Lipinski definition) is 8. The summed E-state index contributed by atoms with van der Waals surface area (Å²) in [7, 11) is 0. The van der Waals surface area contributed by atoms with E-state index in [0.29, 0.717) is 6.54 Å². The first-order valence-corrected chi connectivity index (χ1v) is 5.35. The number of nitrogens with zero attached hydrogens (tertiary/aromatic N) is 3. The number of rotatable bonds is 7. The van der Waals surface area contributed by atoms with Gasteiger partial charge in [-0.1, -0.05) is 0 Å². The molecular weight excluding hydrogens is 242 g/mol. The molecule has 0 radical (unpaired) electrons. The zero-order chi connectivity index (χ0) is 13.5. The minimum Gasteiger partial charge on any atom is -0.394 e. The highest BCUT2D eigenvalue weighted by Crippen LogP contribution is 2.22. The molecule has 1 aromatic rings. The highest BCUT2D eigenvalue weighted by Gasteiger charge is 2.19. The Balaban J connectivity index is 3.02. The van der Waals surface area contributed by atoms with E-state index < -0.39 is 11.0 Å². The van der Waals surface area contributed by atoms with Crippen LogP contribution in [0.2, 0.25) is 0 Å². The minimum atomic E-state index is -0.715. The Morgan fingerprint density at radius 2 is 2.17 bits per heavy atom. The summed E-state index contributed by atoms with van der Waals surface area (Å²) in [4.78, 5) is 17.9. The molecule has 9 nitrogen and oxygen atoms in total. The van der Waals surface area contributed by atoms with Crippen molar-refractivity contribution in [1.29, 1.82) is 0 Å². The van der Waals surface area contributed by atoms with E-state index in [1.54, 1.807) is 0 Å². The molecule has 0 amide bonds. The molecule has 0 aliphatic rings. The van der Waals surface area contributed by atoms with Crippen LogP contribution in [0.4, 0.5) is 17.5 Å². The lowest BCUT2D eigenvalue weighted by Crippen LogP contribution is -2.28. The van der Waals surface area contributed by atoms with Gasteiger partial charge in [0.05, 0.1) is 24.2 Å². The lowest BCUT2D eigenvalue weighted by Gasteiger charge is -2.14. The summed E-state index contributed by atoms with van der Waals surface area (Å²) in [5, 5.41) is 34.1. The van der Waals surface area contributed by atoms with Crippen LogP contribution in [0, 0.1) is 10.1 Å². The summed E-state index contributed by atoms with van der Waals surface area (Å²) >= 11 is 0. The van der Waals surface area contributed by atoms with Crippen LogP contribution in [0.3, 0.4) is 0 Å². The van der Waals surface area contributed by atoms with Gasteiger partial charge in [0.2, 0.25) is 11.8 Å². The molecule has 0 aromatic carbocycles. The zero-order valence-electron chi connectivity index (χ0n) is 9.83. The average molecular weight is 257 g/mol. The molecule has 0 saturated heterocycles. The van der Waals surface area contributed by atoms with Crippen molar-refractivity contribution in [3.8, 4) is 0 Å². The first-order chi connectivity index (χ1) is 8.62. The van der Waals surface area contributed by atoms with Gasteiger partial charge in [0.1, 0.15) is 6.20 Å². The Morgan fingerprint density at radius 1 is 1.50 bits per heavy atom. The van der Waals surface area contributed by atoms with Gasteiger partial charge in [0.15, 0.2) is 0 Å². The topological polar surface area (TPSA) is 133 Å². The first kappa shape index (κ1) is 14.1. The predicted molar refractivity (Wildman–Crippen MR) is 64.4 cm³/mol. The Kier molecular flexibility index (Phi) is 5.21. The molecule has 0 bridgehead atoms. The van der Waals surface area contributed by atoms with Crippen LogP contribution in [-0.2, 0) is 0 Å². The lowest BCUT2D eigenvalue weighted by molar-refractivity contribution is -0.384. The van der Waals surface area contributed by atoms with Crippen molar-refractivity contribution < 1.29 is 15.1 Å². The van der Waals surface area contributed by atoms with Crippen molar-refractivity contribution in [3.05, 3.63) is 16.3 Å². The Labute approximate surface area is 103 Å². The normalized spacial score (nSPS) is 10.4. The number of aliphatic hydroxyl groups is 2. The molecule has 18 heavy (non-hydrogen) atoms. The highest BCUT2D eigenvalue weighted by molar-refractivity contribution is 5.57. The zero-order valence-corrected chi connectivity index (χ0v) is 9.83. The van der Waals surface area contributed by atoms with Crippen molar-refractivity contribution in [2.45, 2.75) is 13.0 Å². The molecular formula is C9H15N5O4. The summed E-state index contributed by atoms with van der Waals surface area (Å²) in [5.74, 6) is 0.194. The lowest BCUT2D eigenvalue weighted by atomic mass is 10.3. The fraction of sp³-hybridized carbons (Fsp3) is 0.556. The van der Waals surface area contributed by atoms with Gasteiger partial charge < -0.3 is 20.8 Å². The van der Waals surface area contributed by atoms with Crippen molar-refractivity contribution >= 4 is 17.5 Å². The molecule has 0 saturated carbocycles. The molecule has 0 atom stereocenters. The number of aliphatic hydroxyl groups excluding tert-OH is 2. The fourth-order valence-electron chi connectivity index (χ4n) is 1.20. The number of nitrogens with one attached hydrogen (secondary N) is 2. The van der Waals surface area contributed by atoms with Gasteiger partial charge in [0.25, 0.3) is 0 Å². The standard InChI is InChI=1S/C9H15N5O4/c1-2-10-9-11-3-7(14(17)18)8(13-9)12-6(4-15)5-16/h3,6,15-16H,2,4-5H2,1H3,(H2,10,11,12,13). The molecule has 1 aromatic heterocycles. The van der Waals surface area contributed by atoms with E-state index in [1.165, 1.54) is 0 Å². The maximum Gasteiger partial charge on any atom is 0.329 e. The van der Waals surface area contributed by atoms with Gasteiger partial charge in [-0.25, -0.2) is 4.98 Å². The predicted octanol–water partition coefficient (Wildman–Crippen LogP) is -0.418. The monoisotopic (exact) mass is 257 g/mol. The summed E-state index contributed by atoms with van der Waals surface area (Å²) in [6, 6.07) is -0.715. The number of hydrogen-bond donors (Lipinski definition) is 4. The first-order valence-electron chi connectivity index (χ1n) is 5.35. The molecule has 1 rings (SSSR count). The second-order valence-electron chi connectivity index (χ2n) is 3.42. The van der Waals surface area contributed by atoms with Crippen LogP contribution in [-0.4, -0.2) is 50.9 Å². The van der Waals surface area contributed by atoms with Crippen molar-refractivity contribution in [1.82, 2.24) is 9.97 Å².